The van der Waals surface area contributed by atoms with Crippen molar-refractivity contribution in [2.75, 3.05) is 13.1 Å². The van der Waals surface area contributed by atoms with E-state index in [9.17, 15) is 14.7 Å². The molecule has 1 aliphatic rings. The van der Waals surface area contributed by atoms with E-state index < -0.39 is 11.4 Å². The fourth-order valence-corrected chi connectivity index (χ4v) is 3.87. The van der Waals surface area contributed by atoms with Crippen LogP contribution in [0.1, 0.15) is 42.3 Å². The third-order valence-corrected chi connectivity index (χ3v) is 5.05. The Hall–Kier alpha value is -1.07. The maximum atomic E-state index is 12.4. The van der Waals surface area contributed by atoms with Gasteiger partial charge in [-0.05, 0) is 31.4 Å². The number of carbonyl (C=O) groups is 2. The van der Waals surface area contributed by atoms with E-state index in [4.69, 9.17) is 11.6 Å². The van der Waals surface area contributed by atoms with E-state index in [0.29, 0.717) is 35.1 Å². The first-order chi connectivity index (χ1) is 9.48. The summed E-state index contributed by atoms with van der Waals surface area (Å²) in [7, 11) is 0. The summed E-state index contributed by atoms with van der Waals surface area (Å²) in [4.78, 5) is 26.3. The smallest absolute Gasteiger partial charge is 0.311 e. The average molecular weight is 316 g/mol. The van der Waals surface area contributed by atoms with Crippen molar-refractivity contribution < 1.29 is 14.7 Å². The molecule has 1 aliphatic heterocycles. The second-order valence-electron chi connectivity index (χ2n) is 5.27. The molecule has 2 heterocycles. The molecule has 1 fully saturated rings. The number of carboxylic acid groups (broad SMARTS) is 1. The number of aliphatic carboxylic acids is 1. The van der Waals surface area contributed by atoms with E-state index in [0.717, 1.165) is 12.8 Å². The van der Waals surface area contributed by atoms with Gasteiger partial charge in [0.2, 0.25) is 0 Å². The Balaban J connectivity index is 2.17. The van der Waals surface area contributed by atoms with Gasteiger partial charge < -0.3 is 10.0 Å². The van der Waals surface area contributed by atoms with Crippen LogP contribution in [0.15, 0.2) is 12.1 Å². The molecular weight excluding hydrogens is 298 g/mol. The topological polar surface area (TPSA) is 57.6 Å². The minimum absolute atomic E-state index is 0.108. The molecule has 6 heteroatoms. The lowest BCUT2D eigenvalue weighted by atomic mass is 9.76. The molecule has 0 aliphatic carbocycles. The molecule has 0 radical (unpaired) electrons. The zero-order valence-electron chi connectivity index (χ0n) is 11.4. The van der Waals surface area contributed by atoms with Crippen LogP contribution in [0.2, 0.25) is 4.34 Å². The zero-order chi connectivity index (χ0) is 14.8. The van der Waals surface area contributed by atoms with E-state index in [-0.39, 0.29) is 5.91 Å². The predicted molar refractivity (Wildman–Crippen MR) is 79.4 cm³/mol. The van der Waals surface area contributed by atoms with Crippen LogP contribution in [0.5, 0.6) is 0 Å². The Morgan fingerprint density at radius 3 is 2.80 bits per heavy atom. The normalized spacial score (nSPS) is 22.8. The summed E-state index contributed by atoms with van der Waals surface area (Å²) in [5.74, 6) is -0.899. The number of hydrogen-bond donors (Lipinski definition) is 1. The number of nitrogens with zero attached hydrogens (tertiary/aromatic N) is 1. The van der Waals surface area contributed by atoms with Crippen molar-refractivity contribution in [3.8, 4) is 0 Å². The highest BCUT2D eigenvalue weighted by Crippen LogP contribution is 2.36. The number of halogens is 1. The number of thiophene rings is 1. The van der Waals surface area contributed by atoms with Crippen LogP contribution >= 0.6 is 22.9 Å². The van der Waals surface area contributed by atoms with Crippen molar-refractivity contribution in [2.45, 2.75) is 32.6 Å². The van der Waals surface area contributed by atoms with Gasteiger partial charge in [0.15, 0.2) is 0 Å². The number of carboxylic acids is 1. The van der Waals surface area contributed by atoms with E-state index in [1.54, 1.807) is 17.0 Å². The molecule has 1 aromatic heterocycles. The minimum Gasteiger partial charge on any atom is -0.481 e. The molecule has 20 heavy (non-hydrogen) atoms. The molecule has 0 bridgehead atoms. The fraction of sp³-hybridized carbons (Fsp3) is 0.571. The summed E-state index contributed by atoms with van der Waals surface area (Å²) in [5.41, 5.74) is -0.788. The van der Waals surface area contributed by atoms with E-state index >= 15 is 0 Å². The summed E-state index contributed by atoms with van der Waals surface area (Å²) >= 11 is 7.09. The van der Waals surface area contributed by atoms with Gasteiger partial charge in [-0.1, -0.05) is 24.9 Å². The molecule has 1 unspecified atom stereocenters. The first-order valence-electron chi connectivity index (χ1n) is 6.76. The Labute approximate surface area is 127 Å². The Morgan fingerprint density at radius 1 is 1.50 bits per heavy atom. The molecule has 1 saturated heterocycles. The first-order valence-corrected chi connectivity index (χ1v) is 7.96. The number of hydrogen-bond acceptors (Lipinski definition) is 3. The predicted octanol–water partition coefficient (Wildman–Crippen LogP) is 3.51. The molecular formula is C14H18ClNO3S. The van der Waals surface area contributed by atoms with E-state index in [1.807, 2.05) is 6.92 Å². The van der Waals surface area contributed by atoms with Crippen molar-refractivity contribution in [3.63, 3.8) is 0 Å². The highest BCUT2D eigenvalue weighted by Gasteiger charge is 2.43. The van der Waals surface area contributed by atoms with Gasteiger partial charge in [0, 0.05) is 13.1 Å². The number of piperidine rings is 1. The highest BCUT2D eigenvalue weighted by molar-refractivity contribution is 7.17. The SMILES string of the molecule is CCCC1(C(=O)O)CCCN(C(=O)c2ccc(Cl)s2)C1. The quantitative estimate of drug-likeness (QED) is 0.925. The van der Waals surface area contributed by atoms with Crippen LogP contribution in [0.3, 0.4) is 0 Å². The monoisotopic (exact) mass is 315 g/mol. The maximum absolute atomic E-state index is 12.4. The molecule has 0 aromatic carbocycles. The third-order valence-electron chi connectivity index (χ3n) is 3.83. The molecule has 1 aromatic rings. The maximum Gasteiger partial charge on any atom is 0.311 e. The molecule has 4 nitrogen and oxygen atoms in total. The second kappa shape index (κ2) is 6.14. The highest BCUT2D eigenvalue weighted by atomic mass is 35.5. The second-order valence-corrected chi connectivity index (χ2v) is 6.98. The summed E-state index contributed by atoms with van der Waals surface area (Å²) in [6.07, 6.45) is 2.79. The molecule has 0 spiro atoms. The van der Waals surface area contributed by atoms with Gasteiger partial charge in [-0.25, -0.2) is 0 Å². The van der Waals surface area contributed by atoms with Gasteiger partial charge in [-0.2, -0.15) is 0 Å². The summed E-state index contributed by atoms with van der Waals surface area (Å²) < 4.78 is 0.573. The van der Waals surface area contributed by atoms with Crippen LogP contribution in [0.25, 0.3) is 0 Å². The Morgan fingerprint density at radius 2 is 2.25 bits per heavy atom. The zero-order valence-corrected chi connectivity index (χ0v) is 13.0. The summed E-state index contributed by atoms with van der Waals surface area (Å²) in [5, 5.41) is 9.54. The number of rotatable bonds is 4. The molecule has 1 N–H and O–H groups in total. The van der Waals surface area contributed by atoms with Crippen molar-refractivity contribution in [1.29, 1.82) is 0 Å². The third kappa shape index (κ3) is 2.99. The van der Waals surface area contributed by atoms with Crippen LogP contribution in [-0.4, -0.2) is 35.0 Å². The molecule has 2 rings (SSSR count). The molecule has 110 valence electrons. The number of amides is 1. The number of likely N-dealkylation sites (tertiary alicyclic amines) is 1. The van der Waals surface area contributed by atoms with Gasteiger partial charge >= 0.3 is 5.97 Å². The van der Waals surface area contributed by atoms with Gasteiger partial charge in [0.1, 0.15) is 0 Å². The lowest BCUT2D eigenvalue weighted by molar-refractivity contribution is -0.152. The van der Waals surface area contributed by atoms with E-state index in [1.165, 1.54) is 11.3 Å². The largest absolute Gasteiger partial charge is 0.481 e. The van der Waals surface area contributed by atoms with Gasteiger partial charge in [-0.15, -0.1) is 11.3 Å². The van der Waals surface area contributed by atoms with Crippen LogP contribution in [0.4, 0.5) is 0 Å². The Bertz CT molecular complexity index is 512. The van der Waals surface area contributed by atoms with Crippen LogP contribution in [0, 0.1) is 5.41 Å². The van der Waals surface area contributed by atoms with Gasteiger partial charge in [-0.3, -0.25) is 9.59 Å². The first kappa shape index (κ1) is 15.3. The van der Waals surface area contributed by atoms with Crippen molar-refractivity contribution >= 4 is 34.8 Å². The van der Waals surface area contributed by atoms with Crippen molar-refractivity contribution in [1.82, 2.24) is 4.90 Å². The van der Waals surface area contributed by atoms with E-state index in [2.05, 4.69) is 0 Å². The lowest BCUT2D eigenvalue weighted by Crippen LogP contribution is -2.49. The van der Waals surface area contributed by atoms with Crippen LogP contribution in [-0.2, 0) is 4.79 Å². The van der Waals surface area contributed by atoms with Crippen molar-refractivity contribution in [2.24, 2.45) is 5.41 Å². The molecule has 0 saturated carbocycles. The van der Waals surface area contributed by atoms with Gasteiger partial charge in [0.05, 0.1) is 14.6 Å². The van der Waals surface area contributed by atoms with Crippen LogP contribution < -0.4 is 0 Å². The lowest BCUT2D eigenvalue weighted by Gasteiger charge is -2.39. The van der Waals surface area contributed by atoms with Gasteiger partial charge in [0.25, 0.3) is 5.91 Å². The summed E-state index contributed by atoms with van der Waals surface area (Å²) in [6, 6.07) is 3.39. The number of carbonyl (C=O) groups excluding carboxylic acids is 1. The molecule has 1 amide bonds. The minimum atomic E-state index is -0.791. The molecule has 1 atom stereocenters. The fourth-order valence-electron chi connectivity index (χ4n) is 2.85. The summed E-state index contributed by atoms with van der Waals surface area (Å²) in [6.45, 7) is 2.89. The van der Waals surface area contributed by atoms with Crippen molar-refractivity contribution in [3.05, 3.63) is 21.3 Å². The average Bonchev–Trinajstić information content (AvgIpc) is 2.85. The Kier molecular flexibility index (Phi) is 4.70. The standard InChI is InChI=1S/C14H18ClNO3S/c1-2-6-14(13(18)19)7-3-8-16(9-14)12(17)10-4-5-11(15)20-10/h4-5H,2-3,6-9H2,1H3,(H,18,19).